The molecule has 1 unspecified atom stereocenters. The van der Waals surface area contributed by atoms with Gasteiger partial charge in [-0.3, -0.25) is 23.4 Å². The van der Waals surface area contributed by atoms with E-state index < -0.39 is 25.2 Å². The maximum atomic E-state index is 12.9. The van der Waals surface area contributed by atoms with Gasteiger partial charge in [-0.05, 0) is 32.3 Å². The molecule has 0 saturated heterocycles. The van der Waals surface area contributed by atoms with Gasteiger partial charge in [0.05, 0.1) is 19.3 Å². The van der Waals surface area contributed by atoms with Crippen LogP contribution in [-0.2, 0) is 20.2 Å². The van der Waals surface area contributed by atoms with E-state index in [2.05, 4.69) is 4.98 Å². The molecule has 2 aromatic rings. The number of rotatable bonds is 4. The molecule has 4 atom stereocenters. The van der Waals surface area contributed by atoms with Crippen LogP contribution in [-0.4, -0.2) is 27.4 Å². The molecule has 4 rings (SSSR count). The standard InChI is InChI=1S/C19H23N2O7P/c1-11-4-3-5-13-9-26-29(25,28-17(11)13)27-10-14-6-15(7-16(14)22)21-8-12(2)18(23)20-19(21)24/h3-5,8,14-16,22H,6-7,9-10H2,1-2H3,(H,20,23,24)/t14-,15-,16+,29?/m1/s1. The molecular formula is C19H23N2O7P. The smallest absolute Gasteiger partial charge is 0.403 e. The zero-order valence-corrected chi connectivity index (χ0v) is 17.1. The van der Waals surface area contributed by atoms with Gasteiger partial charge in [-0.1, -0.05) is 18.2 Å². The van der Waals surface area contributed by atoms with Crippen molar-refractivity contribution in [1.82, 2.24) is 9.55 Å². The van der Waals surface area contributed by atoms with Crippen LogP contribution in [0.2, 0.25) is 0 Å². The van der Waals surface area contributed by atoms with Gasteiger partial charge < -0.3 is 9.63 Å². The highest BCUT2D eigenvalue weighted by atomic mass is 31.2. The summed E-state index contributed by atoms with van der Waals surface area (Å²) in [6, 6.07) is 5.26. The molecule has 10 heteroatoms. The van der Waals surface area contributed by atoms with E-state index >= 15 is 0 Å². The van der Waals surface area contributed by atoms with Gasteiger partial charge in [-0.25, -0.2) is 9.36 Å². The van der Waals surface area contributed by atoms with Crippen molar-refractivity contribution in [3.05, 3.63) is 61.9 Å². The Morgan fingerprint density at radius 1 is 1.28 bits per heavy atom. The number of aryl methyl sites for hydroxylation is 2. The molecule has 0 bridgehead atoms. The number of aromatic amines is 1. The lowest BCUT2D eigenvalue weighted by molar-refractivity contribution is 0.0715. The Labute approximate surface area is 166 Å². The van der Waals surface area contributed by atoms with Crippen molar-refractivity contribution in [3.63, 3.8) is 0 Å². The number of H-pyrrole nitrogens is 1. The zero-order valence-electron chi connectivity index (χ0n) is 16.2. The molecule has 1 fully saturated rings. The van der Waals surface area contributed by atoms with Crippen LogP contribution in [0.1, 0.15) is 35.6 Å². The van der Waals surface area contributed by atoms with E-state index in [1.807, 2.05) is 25.1 Å². The number of hydrogen-bond acceptors (Lipinski definition) is 7. The Bertz CT molecular complexity index is 1090. The average Bonchev–Trinajstić information content (AvgIpc) is 3.04. The minimum atomic E-state index is -3.79. The van der Waals surface area contributed by atoms with Gasteiger partial charge in [-0.2, -0.15) is 0 Å². The lowest BCUT2D eigenvalue weighted by Gasteiger charge is -2.27. The van der Waals surface area contributed by atoms with E-state index in [0.717, 1.165) is 11.1 Å². The highest BCUT2D eigenvalue weighted by molar-refractivity contribution is 7.49. The third-order valence-corrected chi connectivity index (χ3v) is 6.81. The molecular weight excluding hydrogens is 399 g/mol. The molecule has 0 spiro atoms. The van der Waals surface area contributed by atoms with Gasteiger partial charge in [-0.15, -0.1) is 0 Å². The van der Waals surface area contributed by atoms with Crippen molar-refractivity contribution in [3.8, 4) is 5.75 Å². The molecule has 1 aliphatic carbocycles. The van der Waals surface area contributed by atoms with Crippen LogP contribution >= 0.6 is 7.82 Å². The maximum absolute atomic E-state index is 12.9. The summed E-state index contributed by atoms with van der Waals surface area (Å²) in [7, 11) is -3.79. The Balaban J connectivity index is 1.44. The number of aromatic nitrogens is 2. The first-order valence-electron chi connectivity index (χ1n) is 9.43. The van der Waals surface area contributed by atoms with Gasteiger partial charge in [0, 0.05) is 29.3 Å². The summed E-state index contributed by atoms with van der Waals surface area (Å²) < 4.78 is 30.7. The number of aliphatic hydroxyl groups is 1. The largest absolute Gasteiger partial charge is 0.530 e. The summed E-state index contributed by atoms with van der Waals surface area (Å²) in [5.74, 6) is 0.151. The number of benzene rings is 1. The van der Waals surface area contributed by atoms with Crippen molar-refractivity contribution in [2.45, 2.75) is 45.4 Å². The first kappa shape index (κ1) is 20.1. The quantitative estimate of drug-likeness (QED) is 0.725. The second kappa shape index (κ2) is 7.57. The van der Waals surface area contributed by atoms with Crippen LogP contribution in [0.4, 0.5) is 0 Å². The summed E-state index contributed by atoms with van der Waals surface area (Å²) in [6.45, 7) is 3.55. The van der Waals surface area contributed by atoms with E-state index in [9.17, 15) is 19.3 Å². The van der Waals surface area contributed by atoms with E-state index in [-0.39, 0.29) is 25.2 Å². The van der Waals surface area contributed by atoms with E-state index in [4.69, 9.17) is 13.6 Å². The highest BCUT2D eigenvalue weighted by Gasteiger charge is 2.40. The SMILES string of the molecule is Cc1cccc2c1OP(=O)(OC[C@H]1C[C@@H](n3cc(C)c(=O)[nH]c3=O)C[C@@H]1O)OC2. The lowest BCUT2D eigenvalue weighted by Crippen LogP contribution is -2.32. The predicted octanol–water partition coefficient (Wildman–Crippen LogP) is 2.20. The number of nitrogens with one attached hydrogen (secondary N) is 1. The van der Waals surface area contributed by atoms with Crippen molar-refractivity contribution in [2.75, 3.05) is 6.61 Å². The molecule has 0 amide bonds. The van der Waals surface area contributed by atoms with Crippen LogP contribution in [0, 0.1) is 19.8 Å². The molecule has 2 heterocycles. The first-order chi connectivity index (χ1) is 13.8. The number of phosphoric ester groups is 1. The fraction of sp³-hybridized carbons (Fsp3) is 0.474. The number of hydrogen-bond donors (Lipinski definition) is 2. The van der Waals surface area contributed by atoms with Crippen LogP contribution < -0.4 is 15.8 Å². The van der Waals surface area contributed by atoms with Crippen molar-refractivity contribution < 1.29 is 23.2 Å². The summed E-state index contributed by atoms with van der Waals surface area (Å²) >= 11 is 0. The van der Waals surface area contributed by atoms with E-state index in [0.29, 0.717) is 24.2 Å². The molecule has 2 aliphatic rings. The van der Waals surface area contributed by atoms with Gasteiger partial charge in [0.25, 0.3) is 5.56 Å². The van der Waals surface area contributed by atoms with Crippen LogP contribution in [0.15, 0.2) is 34.0 Å². The predicted molar refractivity (Wildman–Crippen MR) is 104 cm³/mol. The monoisotopic (exact) mass is 422 g/mol. The van der Waals surface area contributed by atoms with Gasteiger partial charge in [0.15, 0.2) is 0 Å². The number of phosphoric acid groups is 1. The lowest BCUT2D eigenvalue weighted by atomic mass is 10.1. The topological polar surface area (TPSA) is 120 Å². The average molecular weight is 422 g/mol. The minimum absolute atomic E-state index is 0.0345. The molecule has 2 N–H and O–H groups in total. The van der Waals surface area contributed by atoms with Crippen molar-refractivity contribution in [2.24, 2.45) is 5.92 Å². The van der Waals surface area contributed by atoms with Gasteiger partial charge in [0.1, 0.15) is 5.75 Å². The fourth-order valence-corrected chi connectivity index (χ4v) is 5.17. The number of fused-ring (bicyclic) bond motifs is 1. The third kappa shape index (κ3) is 3.96. The maximum Gasteiger partial charge on any atom is 0.530 e. The molecule has 156 valence electrons. The fourth-order valence-electron chi connectivity index (χ4n) is 3.83. The molecule has 1 aliphatic heterocycles. The normalized spacial score (nSPS) is 28.7. The van der Waals surface area contributed by atoms with Crippen molar-refractivity contribution >= 4 is 7.82 Å². The Morgan fingerprint density at radius 2 is 2.07 bits per heavy atom. The number of aliphatic hydroxyl groups excluding tert-OH is 1. The summed E-state index contributed by atoms with van der Waals surface area (Å²) in [6.07, 6.45) is 1.51. The molecule has 0 radical (unpaired) electrons. The van der Waals surface area contributed by atoms with E-state index in [1.165, 1.54) is 10.8 Å². The first-order valence-corrected chi connectivity index (χ1v) is 10.9. The van der Waals surface area contributed by atoms with Crippen LogP contribution in [0.25, 0.3) is 0 Å². The van der Waals surface area contributed by atoms with Gasteiger partial charge in [0.2, 0.25) is 0 Å². The molecule has 29 heavy (non-hydrogen) atoms. The molecule has 9 nitrogen and oxygen atoms in total. The molecule has 1 aromatic heterocycles. The Hall–Kier alpha value is -2.19. The Kier molecular flexibility index (Phi) is 5.25. The number of nitrogens with zero attached hydrogens (tertiary/aromatic N) is 1. The minimum Gasteiger partial charge on any atom is -0.403 e. The van der Waals surface area contributed by atoms with Gasteiger partial charge >= 0.3 is 13.5 Å². The molecule has 1 saturated carbocycles. The summed E-state index contributed by atoms with van der Waals surface area (Å²) in [5, 5.41) is 10.4. The third-order valence-electron chi connectivity index (χ3n) is 5.49. The highest BCUT2D eigenvalue weighted by Crippen LogP contribution is 2.56. The van der Waals surface area contributed by atoms with Crippen LogP contribution in [0.5, 0.6) is 5.75 Å². The summed E-state index contributed by atoms with van der Waals surface area (Å²) in [4.78, 5) is 25.9. The summed E-state index contributed by atoms with van der Waals surface area (Å²) in [5.41, 5.74) is 1.11. The second-order valence-electron chi connectivity index (χ2n) is 7.60. The van der Waals surface area contributed by atoms with Crippen molar-refractivity contribution in [1.29, 1.82) is 0 Å². The molecule has 1 aromatic carbocycles. The van der Waals surface area contributed by atoms with Crippen LogP contribution in [0.3, 0.4) is 0 Å². The number of para-hydroxylation sites is 1. The van der Waals surface area contributed by atoms with E-state index in [1.54, 1.807) is 6.92 Å². The zero-order chi connectivity index (χ0) is 20.8. The Morgan fingerprint density at radius 3 is 2.86 bits per heavy atom. The second-order valence-corrected chi connectivity index (χ2v) is 9.20.